The summed E-state index contributed by atoms with van der Waals surface area (Å²) in [6.07, 6.45) is 0. The van der Waals surface area contributed by atoms with Crippen LogP contribution >= 0.6 is 0 Å². The van der Waals surface area contributed by atoms with Gasteiger partial charge < -0.3 is 14.5 Å². The van der Waals surface area contributed by atoms with E-state index in [-0.39, 0.29) is 5.56 Å². The van der Waals surface area contributed by atoms with E-state index in [4.69, 9.17) is 9.52 Å². The standard InChI is InChI=1S/C11H9NO4/c1-6-2-3-9(16-6)8-4-7(11(14)15)5-10(13)12-8/h2-5H,1H3,(H,12,13)(H,14,15). The number of rotatable bonds is 2. The summed E-state index contributed by atoms with van der Waals surface area (Å²) in [5, 5.41) is 8.80. The summed E-state index contributed by atoms with van der Waals surface area (Å²) in [5.74, 6) is -0.00935. The molecule has 0 atom stereocenters. The molecule has 2 aromatic heterocycles. The van der Waals surface area contributed by atoms with Crippen LogP contribution in [0.2, 0.25) is 0 Å². The highest BCUT2D eigenvalue weighted by Gasteiger charge is 2.09. The van der Waals surface area contributed by atoms with Crippen molar-refractivity contribution < 1.29 is 14.3 Å². The van der Waals surface area contributed by atoms with Gasteiger partial charge in [0.15, 0.2) is 5.76 Å². The predicted molar refractivity (Wildman–Crippen MR) is 56.5 cm³/mol. The molecule has 0 bridgehead atoms. The second kappa shape index (κ2) is 3.69. The summed E-state index contributed by atoms with van der Waals surface area (Å²) in [6, 6.07) is 5.80. The van der Waals surface area contributed by atoms with Crippen LogP contribution in [-0.4, -0.2) is 16.1 Å². The average molecular weight is 219 g/mol. The minimum Gasteiger partial charge on any atom is -0.478 e. The van der Waals surface area contributed by atoms with Crippen LogP contribution in [0.4, 0.5) is 0 Å². The second-order valence-corrected chi connectivity index (χ2v) is 3.36. The highest BCUT2D eigenvalue weighted by Crippen LogP contribution is 2.19. The number of aromatic amines is 1. The molecule has 0 saturated carbocycles. The van der Waals surface area contributed by atoms with E-state index in [0.717, 1.165) is 6.07 Å². The number of H-pyrrole nitrogens is 1. The zero-order valence-corrected chi connectivity index (χ0v) is 8.48. The number of carboxylic acids is 1. The van der Waals surface area contributed by atoms with Crippen molar-refractivity contribution in [3.63, 3.8) is 0 Å². The third kappa shape index (κ3) is 1.88. The van der Waals surface area contributed by atoms with Crippen molar-refractivity contribution in [3.05, 3.63) is 45.9 Å². The Morgan fingerprint density at radius 3 is 2.69 bits per heavy atom. The van der Waals surface area contributed by atoms with E-state index >= 15 is 0 Å². The fourth-order valence-corrected chi connectivity index (χ4v) is 1.38. The summed E-state index contributed by atoms with van der Waals surface area (Å²) >= 11 is 0. The minimum atomic E-state index is -1.14. The first-order valence-corrected chi connectivity index (χ1v) is 4.61. The Morgan fingerprint density at radius 1 is 1.38 bits per heavy atom. The number of carboxylic acid groups (broad SMARTS) is 1. The Hall–Kier alpha value is -2.30. The molecule has 0 saturated heterocycles. The molecule has 0 unspecified atom stereocenters. The molecular formula is C11H9NO4. The van der Waals surface area contributed by atoms with E-state index in [9.17, 15) is 9.59 Å². The predicted octanol–water partition coefficient (Wildman–Crippen LogP) is 1.64. The first-order valence-electron chi connectivity index (χ1n) is 4.61. The van der Waals surface area contributed by atoms with Crippen LogP contribution in [0.5, 0.6) is 0 Å². The lowest BCUT2D eigenvalue weighted by molar-refractivity contribution is 0.0696. The second-order valence-electron chi connectivity index (χ2n) is 3.36. The van der Waals surface area contributed by atoms with E-state index in [1.165, 1.54) is 6.07 Å². The summed E-state index contributed by atoms with van der Waals surface area (Å²) in [6.45, 7) is 1.77. The fourth-order valence-electron chi connectivity index (χ4n) is 1.38. The lowest BCUT2D eigenvalue weighted by Crippen LogP contribution is -2.10. The summed E-state index contributed by atoms with van der Waals surface area (Å²) in [7, 11) is 0. The van der Waals surface area contributed by atoms with E-state index < -0.39 is 11.5 Å². The molecule has 0 radical (unpaired) electrons. The quantitative estimate of drug-likeness (QED) is 0.804. The summed E-state index contributed by atoms with van der Waals surface area (Å²) in [5.41, 5.74) is -0.172. The van der Waals surface area contributed by atoms with Gasteiger partial charge in [-0.3, -0.25) is 4.79 Å². The highest BCUT2D eigenvalue weighted by atomic mass is 16.4. The molecule has 5 nitrogen and oxygen atoms in total. The van der Waals surface area contributed by atoms with Gasteiger partial charge in [0.25, 0.3) is 0 Å². The largest absolute Gasteiger partial charge is 0.478 e. The molecular weight excluding hydrogens is 210 g/mol. The van der Waals surface area contributed by atoms with Crippen LogP contribution in [-0.2, 0) is 0 Å². The number of pyridine rings is 1. The maximum absolute atomic E-state index is 11.2. The average Bonchev–Trinajstić information content (AvgIpc) is 2.64. The lowest BCUT2D eigenvalue weighted by Gasteiger charge is -1.98. The first kappa shape index (κ1) is 10.2. The number of furan rings is 1. The van der Waals surface area contributed by atoms with Gasteiger partial charge in [-0.2, -0.15) is 0 Å². The number of aromatic carboxylic acids is 1. The van der Waals surface area contributed by atoms with Crippen molar-refractivity contribution in [2.24, 2.45) is 0 Å². The van der Waals surface area contributed by atoms with Crippen LogP contribution in [0.3, 0.4) is 0 Å². The normalized spacial score (nSPS) is 10.3. The Balaban J connectivity index is 2.57. The number of hydrogen-bond acceptors (Lipinski definition) is 3. The Kier molecular flexibility index (Phi) is 2.36. The van der Waals surface area contributed by atoms with Crippen LogP contribution in [0, 0.1) is 6.92 Å². The molecule has 2 rings (SSSR count). The molecule has 16 heavy (non-hydrogen) atoms. The van der Waals surface area contributed by atoms with Gasteiger partial charge in [-0.15, -0.1) is 0 Å². The molecule has 2 heterocycles. The number of aromatic nitrogens is 1. The molecule has 5 heteroatoms. The molecule has 0 aliphatic carbocycles. The van der Waals surface area contributed by atoms with Crippen LogP contribution in [0.1, 0.15) is 16.1 Å². The first-order chi connectivity index (χ1) is 7.56. The molecule has 2 N–H and O–H groups in total. The molecule has 0 aromatic carbocycles. The minimum absolute atomic E-state index is 0.0622. The Morgan fingerprint density at radius 2 is 2.12 bits per heavy atom. The zero-order chi connectivity index (χ0) is 11.7. The van der Waals surface area contributed by atoms with Crippen molar-refractivity contribution >= 4 is 5.97 Å². The smallest absolute Gasteiger partial charge is 0.335 e. The molecule has 0 aliphatic heterocycles. The van der Waals surface area contributed by atoms with Gasteiger partial charge in [-0.05, 0) is 25.1 Å². The lowest BCUT2D eigenvalue weighted by atomic mass is 10.2. The maximum atomic E-state index is 11.2. The summed E-state index contributed by atoms with van der Waals surface area (Å²) in [4.78, 5) is 24.5. The van der Waals surface area contributed by atoms with Crippen molar-refractivity contribution in [3.8, 4) is 11.5 Å². The third-order valence-electron chi connectivity index (χ3n) is 2.10. The van der Waals surface area contributed by atoms with E-state index in [0.29, 0.717) is 17.2 Å². The molecule has 82 valence electrons. The third-order valence-corrected chi connectivity index (χ3v) is 2.10. The van der Waals surface area contributed by atoms with E-state index in [1.54, 1.807) is 19.1 Å². The molecule has 0 fully saturated rings. The van der Waals surface area contributed by atoms with Crippen molar-refractivity contribution in [2.45, 2.75) is 6.92 Å². The SMILES string of the molecule is Cc1ccc(-c2cc(C(=O)O)cc(=O)[nH]2)o1. The topological polar surface area (TPSA) is 83.3 Å². The number of aryl methyl sites for hydroxylation is 1. The van der Waals surface area contributed by atoms with Gasteiger partial charge in [-0.25, -0.2) is 4.79 Å². The van der Waals surface area contributed by atoms with Gasteiger partial charge >= 0.3 is 5.97 Å². The van der Waals surface area contributed by atoms with Gasteiger partial charge in [0, 0.05) is 6.07 Å². The van der Waals surface area contributed by atoms with Gasteiger partial charge in [0.05, 0.1) is 11.3 Å². The van der Waals surface area contributed by atoms with Crippen LogP contribution < -0.4 is 5.56 Å². The van der Waals surface area contributed by atoms with E-state index in [1.807, 2.05) is 0 Å². The molecule has 0 amide bonds. The van der Waals surface area contributed by atoms with Crippen LogP contribution in [0.15, 0.2) is 33.5 Å². The van der Waals surface area contributed by atoms with Crippen molar-refractivity contribution in [1.82, 2.24) is 4.98 Å². The molecule has 0 aliphatic rings. The van der Waals surface area contributed by atoms with Gasteiger partial charge in [-0.1, -0.05) is 0 Å². The monoisotopic (exact) mass is 219 g/mol. The summed E-state index contributed by atoms with van der Waals surface area (Å²) < 4.78 is 5.30. The maximum Gasteiger partial charge on any atom is 0.335 e. The van der Waals surface area contributed by atoms with E-state index in [2.05, 4.69) is 4.98 Å². The number of carbonyl (C=O) groups is 1. The Labute approximate surface area is 90.3 Å². The highest BCUT2D eigenvalue weighted by molar-refractivity contribution is 5.88. The van der Waals surface area contributed by atoms with Gasteiger partial charge in [0.2, 0.25) is 5.56 Å². The Bertz CT molecular complexity index is 594. The molecule has 2 aromatic rings. The number of hydrogen-bond donors (Lipinski definition) is 2. The van der Waals surface area contributed by atoms with Crippen LogP contribution in [0.25, 0.3) is 11.5 Å². The fraction of sp³-hybridized carbons (Fsp3) is 0.0909. The zero-order valence-electron chi connectivity index (χ0n) is 8.48. The van der Waals surface area contributed by atoms with Crippen molar-refractivity contribution in [1.29, 1.82) is 0 Å². The van der Waals surface area contributed by atoms with Gasteiger partial charge in [0.1, 0.15) is 5.76 Å². The number of nitrogens with one attached hydrogen (secondary N) is 1. The molecule has 0 spiro atoms. The van der Waals surface area contributed by atoms with Crippen molar-refractivity contribution in [2.75, 3.05) is 0 Å².